The number of carbonyl (C=O) groups excluding carboxylic acids is 1. The maximum atomic E-state index is 14.6. The molecule has 1 heterocycles. The number of rotatable bonds is 7. The number of para-hydroxylation sites is 1. The molecule has 6 nitrogen and oxygen atoms in total. The summed E-state index contributed by atoms with van der Waals surface area (Å²) in [6, 6.07) is 25.2. The molecule has 0 aliphatic heterocycles. The van der Waals surface area contributed by atoms with Gasteiger partial charge in [0, 0.05) is 11.4 Å². The van der Waals surface area contributed by atoms with Crippen molar-refractivity contribution < 1.29 is 9.18 Å². The maximum absolute atomic E-state index is 14.6. The van der Waals surface area contributed by atoms with E-state index in [2.05, 4.69) is 10.2 Å². The molecular formula is C25H20FN5OS. The van der Waals surface area contributed by atoms with Crippen LogP contribution in [0.15, 0.2) is 84.0 Å². The van der Waals surface area contributed by atoms with Crippen LogP contribution in [0.1, 0.15) is 5.56 Å². The molecule has 0 unspecified atom stereocenters. The van der Waals surface area contributed by atoms with Crippen LogP contribution in [0.4, 0.5) is 10.1 Å². The lowest BCUT2D eigenvalue weighted by Crippen LogP contribution is -2.32. The molecule has 4 aromatic rings. The first kappa shape index (κ1) is 22.2. The SMILES string of the molecule is Cc1ccc(-n2c(SCC(=O)N(CC#N)c3ccccc3)nnc2-c2ccccc2F)cc1. The van der Waals surface area contributed by atoms with Crippen molar-refractivity contribution in [3.8, 4) is 23.1 Å². The molecule has 0 atom stereocenters. The van der Waals surface area contributed by atoms with Crippen LogP contribution >= 0.6 is 11.8 Å². The predicted octanol–water partition coefficient (Wildman–Crippen LogP) is 5.03. The van der Waals surface area contributed by atoms with Crippen LogP contribution in [0.2, 0.25) is 0 Å². The molecule has 0 radical (unpaired) electrons. The van der Waals surface area contributed by atoms with E-state index in [4.69, 9.17) is 0 Å². The highest BCUT2D eigenvalue weighted by Crippen LogP contribution is 2.30. The quantitative estimate of drug-likeness (QED) is 0.287. The lowest BCUT2D eigenvalue weighted by Gasteiger charge is -2.19. The Morgan fingerprint density at radius 1 is 1.03 bits per heavy atom. The zero-order valence-electron chi connectivity index (χ0n) is 17.9. The summed E-state index contributed by atoms with van der Waals surface area (Å²) in [6.45, 7) is 1.92. The molecule has 0 bridgehead atoms. The highest BCUT2D eigenvalue weighted by molar-refractivity contribution is 7.99. The molecule has 0 aliphatic rings. The topological polar surface area (TPSA) is 74.8 Å². The third-order valence-electron chi connectivity index (χ3n) is 4.96. The van der Waals surface area contributed by atoms with Crippen molar-refractivity contribution in [2.45, 2.75) is 12.1 Å². The van der Waals surface area contributed by atoms with E-state index in [9.17, 15) is 14.4 Å². The number of anilines is 1. The lowest BCUT2D eigenvalue weighted by molar-refractivity contribution is -0.116. The number of aryl methyl sites for hydroxylation is 1. The molecule has 164 valence electrons. The average Bonchev–Trinajstić information content (AvgIpc) is 3.26. The normalized spacial score (nSPS) is 10.6. The third kappa shape index (κ3) is 4.94. The van der Waals surface area contributed by atoms with E-state index in [1.165, 1.54) is 22.7 Å². The van der Waals surface area contributed by atoms with Gasteiger partial charge in [0.1, 0.15) is 12.4 Å². The summed E-state index contributed by atoms with van der Waals surface area (Å²) in [5.41, 5.74) is 2.81. The van der Waals surface area contributed by atoms with E-state index in [0.29, 0.717) is 22.2 Å². The summed E-state index contributed by atoms with van der Waals surface area (Å²) in [4.78, 5) is 14.4. The molecule has 0 saturated heterocycles. The molecular weight excluding hydrogens is 437 g/mol. The molecule has 1 amide bonds. The van der Waals surface area contributed by atoms with Crippen LogP contribution < -0.4 is 4.90 Å². The minimum absolute atomic E-state index is 0.0395. The van der Waals surface area contributed by atoms with E-state index in [1.54, 1.807) is 34.9 Å². The van der Waals surface area contributed by atoms with Crippen LogP contribution in [0, 0.1) is 24.1 Å². The van der Waals surface area contributed by atoms with Gasteiger partial charge < -0.3 is 0 Å². The lowest BCUT2D eigenvalue weighted by atomic mass is 10.2. The molecule has 0 spiro atoms. The number of hydrogen-bond acceptors (Lipinski definition) is 5. The van der Waals surface area contributed by atoms with Crippen molar-refractivity contribution in [2.75, 3.05) is 17.2 Å². The predicted molar refractivity (Wildman–Crippen MR) is 127 cm³/mol. The van der Waals surface area contributed by atoms with Gasteiger partial charge in [-0.15, -0.1) is 10.2 Å². The number of hydrogen-bond donors (Lipinski definition) is 0. The number of nitrogens with zero attached hydrogens (tertiary/aromatic N) is 5. The number of thioether (sulfide) groups is 1. The molecule has 0 fully saturated rings. The van der Waals surface area contributed by atoms with Crippen LogP contribution in [0.5, 0.6) is 0 Å². The average molecular weight is 458 g/mol. The maximum Gasteiger partial charge on any atom is 0.238 e. The molecule has 3 aromatic carbocycles. The molecule has 0 N–H and O–H groups in total. The van der Waals surface area contributed by atoms with Crippen molar-refractivity contribution in [2.24, 2.45) is 0 Å². The molecule has 0 saturated carbocycles. The summed E-state index contributed by atoms with van der Waals surface area (Å²) >= 11 is 1.19. The first-order chi connectivity index (χ1) is 16.1. The van der Waals surface area contributed by atoms with Gasteiger partial charge in [-0.2, -0.15) is 5.26 Å². The first-order valence-corrected chi connectivity index (χ1v) is 11.2. The summed E-state index contributed by atoms with van der Waals surface area (Å²) < 4.78 is 16.3. The summed E-state index contributed by atoms with van der Waals surface area (Å²) in [5.74, 6) is -0.254. The van der Waals surface area contributed by atoms with Gasteiger partial charge >= 0.3 is 0 Å². The fraction of sp³-hybridized carbons (Fsp3) is 0.120. The Hall–Kier alpha value is -3.96. The van der Waals surface area contributed by atoms with Crippen molar-refractivity contribution in [3.05, 3.63) is 90.2 Å². The Morgan fingerprint density at radius 2 is 1.73 bits per heavy atom. The molecule has 0 aliphatic carbocycles. The van der Waals surface area contributed by atoms with Gasteiger partial charge in [-0.3, -0.25) is 14.3 Å². The number of aromatic nitrogens is 3. The summed E-state index contributed by atoms with van der Waals surface area (Å²) in [7, 11) is 0. The molecule has 1 aromatic heterocycles. The second-order valence-corrected chi connectivity index (χ2v) is 8.16. The number of amides is 1. The number of carbonyl (C=O) groups is 1. The first-order valence-electron chi connectivity index (χ1n) is 10.2. The fourth-order valence-corrected chi connectivity index (χ4v) is 4.14. The van der Waals surface area contributed by atoms with Gasteiger partial charge in [0.25, 0.3) is 0 Å². The zero-order valence-corrected chi connectivity index (χ0v) is 18.7. The van der Waals surface area contributed by atoms with E-state index in [1.807, 2.05) is 55.5 Å². The fourth-order valence-electron chi connectivity index (χ4n) is 3.31. The summed E-state index contributed by atoms with van der Waals surface area (Å²) in [6.07, 6.45) is 0. The monoisotopic (exact) mass is 457 g/mol. The number of benzene rings is 3. The third-order valence-corrected chi connectivity index (χ3v) is 5.88. The molecule has 4 rings (SSSR count). The largest absolute Gasteiger partial charge is 0.298 e. The van der Waals surface area contributed by atoms with Crippen molar-refractivity contribution in [1.29, 1.82) is 5.26 Å². The van der Waals surface area contributed by atoms with Gasteiger partial charge in [0.2, 0.25) is 5.91 Å². The number of nitriles is 1. The Morgan fingerprint density at radius 3 is 2.42 bits per heavy atom. The van der Waals surface area contributed by atoms with Crippen molar-refractivity contribution >= 4 is 23.4 Å². The van der Waals surface area contributed by atoms with Gasteiger partial charge in [0.05, 0.1) is 17.4 Å². The Balaban J connectivity index is 1.67. The summed E-state index contributed by atoms with van der Waals surface area (Å²) in [5, 5.41) is 18.1. The second-order valence-electron chi connectivity index (χ2n) is 7.22. The van der Waals surface area contributed by atoms with E-state index < -0.39 is 5.82 Å². The van der Waals surface area contributed by atoms with Crippen LogP contribution in [0.25, 0.3) is 17.1 Å². The van der Waals surface area contributed by atoms with E-state index >= 15 is 0 Å². The van der Waals surface area contributed by atoms with Gasteiger partial charge in [-0.25, -0.2) is 4.39 Å². The smallest absolute Gasteiger partial charge is 0.238 e. The van der Waals surface area contributed by atoms with Crippen molar-refractivity contribution in [1.82, 2.24) is 14.8 Å². The van der Waals surface area contributed by atoms with E-state index in [0.717, 1.165) is 11.3 Å². The highest BCUT2D eigenvalue weighted by atomic mass is 32.2. The Labute approximate surface area is 195 Å². The zero-order chi connectivity index (χ0) is 23.2. The molecule has 8 heteroatoms. The Bertz CT molecular complexity index is 1300. The van der Waals surface area contributed by atoms with E-state index in [-0.39, 0.29) is 18.2 Å². The minimum Gasteiger partial charge on any atom is -0.298 e. The van der Waals surface area contributed by atoms with Crippen molar-refractivity contribution in [3.63, 3.8) is 0 Å². The molecule has 33 heavy (non-hydrogen) atoms. The van der Waals surface area contributed by atoms with Gasteiger partial charge in [0.15, 0.2) is 11.0 Å². The second kappa shape index (κ2) is 10.1. The minimum atomic E-state index is -0.407. The standard InChI is InChI=1S/C25H20FN5OS/c1-18-11-13-20(14-12-18)31-24(21-9-5-6-10-22(21)26)28-29-25(31)33-17-23(32)30(16-15-27)19-7-3-2-4-8-19/h2-14H,16-17H2,1H3. The van der Waals surface area contributed by atoms with Crippen LogP contribution in [-0.2, 0) is 4.79 Å². The highest BCUT2D eigenvalue weighted by Gasteiger charge is 2.21. The van der Waals surface area contributed by atoms with Gasteiger partial charge in [-0.1, -0.05) is 59.8 Å². The van der Waals surface area contributed by atoms with Gasteiger partial charge in [-0.05, 0) is 43.3 Å². The van der Waals surface area contributed by atoms with Crippen LogP contribution in [0.3, 0.4) is 0 Å². The number of halogens is 1. The Kier molecular flexibility index (Phi) is 6.81. The van der Waals surface area contributed by atoms with Crippen LogP contribution in [-0.4, -0.2) is 33.0 Å².